The van der Waals surface area contributed by atoms with Crippen molar-refractivity contribution < 1.29 is 4.39 Å². The van der Waals surface area contributed by atoms with Crippen LogP contribution < -0.4 is 5.32 Å². The van der Waals surface area contributed by atoms with E-state index in [-0.39, 0.29) is 5.82 Å². The zero-order valence-electron chi connectivity index (χ0n) is 16.7. The first-order valence-electron chi connectivity index (χ1n) is 9.77. The van der Waals surface area contributed by atoms with Gasteiger partial charge in [-0.05, 0) is 42.7 Å². The topological polar surface area (TPSA) is 29.3 Å². The Kier molecular flexibility index (Phi) is 4.60. The van der Waals surface area contributed by atoms with Crippen LogP contribution in [0.1, 0.15) is 11.1 Å². The lowest BCUT2D eigenvalue weighted by Crippen LogP contribution is -2.01. The van der Waals surface area contributed by atoms with E-state index < -0.39 is 0 Å². The van der Waals surface area contributed by atoms with Gasteiger partial charge in [-0.2, -0.15) is 0 Å². The normalized spacial score (nSPS) is 11.2. The average molecular weight is 414 g/mol. The second-order valence-electron chi connectivity index (χ2n) is 7.29. The molecular weight excluding hydrogens is 393 g/mol. The second-order valence-corrected chi connectivity index (χ2v) is 8.12. The van der Waals surface area contributed by atoms with Gasteiger partial charge in [0.05, 0.1) is 5.69 Å². The van der Waals surface area contributed by atoms with E-state index in [1.165, 1.54) is 6.07 Å². The molecule has 5 heteroatoms. The number of nitrogens with one attached hydrogen (secondary N) is 1. The highest BCUT2D eigenvalue weighted by atomic mass is 32.1. The molecule has 2 aromatic heterocycles. The van der Waals surface area contributed by atoms with Gasteiger partial charge in [0.25, 0.3) is 0 Å². The summed E-state index contributed by atoms with van der Waals surface area (Å²) in [4.78, 5) is 5.64. The van der Waals surface area contributed by atoms with Gasteiger partial charge in [0.1, 0.15) is 17.3 Å². The van der Waals surface area contributed by atoms with Gasteiger partial charge in [-0.1, -0.05) is 60.7 Å². The molecule has 0 radical (unpaired) electrons. The number of benzene rings is 3. The SMILES string of the molecule is Cc1cccc(C)c1Nc1c(-c2ccccc2F)nc2scc(-c3ccccc3)n12. The Morgan fingerprint density at radius 3 is 2.30 bits per heavy atom. The molecule has 3 aromatic carbocycles. The lowest BCUT2D eigenvalue weighted by atomic mass is 10.1. The summed E-state index contributed by atoms with van der Waals surface area (Å²) in [5, 5.41) is 5.69. The number of imidazole rings is 1. The van der Waals surface area contributed by atoms with Gasteiger partial charge in [-0.3, -0.25) is 4.40 Å². The van der Waals surface area contributed by atoms with E-state index in [4.69, 9.17) is 4.98 Å². The Labute approximate surface area is 178 Å². The summed E-state index contributed by atoms with van der Waals surface area (Å²) >= 11 is 1.55. The quantitative estimate of drug-likeness (QED) is 0.337. The van der Waals surface area contributed by atoms with Gasteiger partial charge >= 0.3 is 0 Å². The van der Waals surface area contributed by atoms with E-state index in [9.17, 15) is 4.39 Å². The molecule has 3 nitrogen and oxygen atoms in total. The minimum Gasteiger partial charge on any atom is -0.339 e. The summed E-state index contributed by atoms with van der Waals surface area (Å²) in [5.41, 5.74) is 6.48. The van der Waals surface area contributed by atoms with Crippen LogP contribution in [0.2, 0.25) is 0 Å². The van der Waals surface area contributed by atoms with Crippen molar-refractivity contribution >= 4 is 27.8 Å². The highest BCUT2D eigenvalue weighted by molar-refractivity contribution is 7.15. The highest BCUT2D eigenvalue weighted by Gasteiger charge is 2.22. The van der Waals surface area contributed by atoms with Crippen molar-refractivity contribution in [3.05, 3.63) is 95.1 Å². The predicted molar refractivity (Wildman–Crippen MR) is 123 cm³/mol. The first-order valence-corrected chi connectivity index (χ1v) is 10.6. The van der Waals surface area contributed by atoms with E-state index in [0.717, 1.165) is 38.9 Å². The minimum atomic E-state index is -0.283. The van der Waals surface area contributed by atoms with Gasteiger partial charge in [0, 0.05) is 16.6 Å². The monoisotopic (exact) mass is 413 g/mol. The van der Waals surface area contributed by atoms with Crippen LogP contribution in [0.15, 0.2) is 78.2 Å². The number of anilines is 2. The molecule has 0 aliphatic rings. The van der Waals surface area contributed by atoms with Crippen LogP contribution in [-0.2, 0) is 0 Å². The van der Waals surface area contributed by atoms with Crippen LogP contribution in [0.4, 0.5) is 15.9 Å². The van der Waals surface area contributed by atoms with Crippen molar-refractivity contribution in [1.29, 1.82) is 0 Å². The fourth-order valence-corrected chi connectivity index (χ4v) is 4.65. The smallest absolute Gasteiger partial charge is 0.196 e. The zero-order valence-corrected chi connectivity index (χ0v) is 17.5. The largest absolute Gasteiger partial charge is 0.339 e. The van der Waals surface area contributed by atoms with Crippen LogP contribution in [0.25, 0.3) is 27.5 Å². The molecule has 0 unspecified atom stereocenters. The number of hydrogen-bond acceptors (Lipinski definition) is 3. The number of fused-ring (bicyclic) bond motifs is 1. The Balaban J connectivity index is 1.79. The molecule has 0 spiro atoms. The number of halogens is 1. The maximum absolute atomic E-state index is 14.7. The van der Waals surface area contributed by atoms with Crippen LogP contribution in [-0.4, -0.2) is 9.38 Å². The zero-order chi connectivity index (χ0) is 20.7. The van der Waals surface area contributed by atoms with Crippen molar-refractivity contribution in [3.8, 4) is 22.5 Å². The Bertz CT molecular complexity index is 1330. The van der Waals surface area contributed by atoms with Crippen molar-refractivity contribution in [1.82, 2.24) is 9.38 Å². The molecule has 1 N–H and O–H groups in total. The summed E-state index contributed by atoms with van der Waals surface area (Å²) in [6, 6.07) is 23.2. The second kappa shape index (κ2) is 7.43. The molecule has 30 heavy (non-hydrogen) atoms. The van der Waals surface area contributed by atoms with Crippen molar-refractivity contribution in [2.24, 2.45) is 0 Å². The average Bonchev–Trinajstić information content (AvgIpc) is 3.32. The first kappa shape index (κ1) is 18.6. The molecule has 0 amide bonds. The minimum absolute atomic E-state index is 0.283. The predicted octanol–water partition coefficient (Wildman–Crippen LogP) is 7.23. The summed E-state index contributed by atoms with van der Waals surface area (Å²) in [6.07, 6.45) is 0. The number of hydrogen-bond donors (Lipinski definition) is 1. The van der Waals surface area contributed by atoms with E-state index >= 15 is 0 Å². The maximum atomic E-state index is 14.7. The molecule has 0 bridgehead atoms. The summed E-state index contributed by atoms with van der Waals surface area (Å²) in [6.45, 7) is 4.14. The molecular formula is C25H20FN3S. The van der Waals surface area contributed by atoms with E-state index in [0.29, 0.717) is 11.3 Å². The third-order valence-electron chi connectivity index (χ3n) is 5.29. The summed E-state index contributed by atoms with van der Waals surface area (Å²) in [7, 11) is 0. The first-order chi connectivity index (χ1) is 14.6. The molecule has 0 fully saturated rings. The van der Waals surface area contributed by atoms with Crippen LogP contribution in [0.5, 0.6) is 0 Å². The molecule has 0 saturated carbocycles. The molecule has 0 atom stereocenters. The number of aryl methyl sites for hydroxylation is 2. The number of para-hydroxylation sites is 1. The fourth-order valence-electron chi connectivity index (χ4n) is 3.76. The third kappa shape index (κ3) is 3.08. The molecule has 0 aliphatic heterocycles. The van der Waals surface area contributed by atoms with Crippen LogP contribution >= 0.6 is 11.3 Å². The van der Waals surface area contributed by atoms with Gasteiger partial charge in [0.15, 0.2) is 4.96 Å². The van der Waals surface area contributed by atoms with Gasteiger partial charge in [-0.15, -0.1) is 11.3 Å². The molecule has 2 heterocycles. The number of thiazole rings is 1. The standard InChI is InChI=1S/C25H20FN3S/c1-16-9-8-10-17(2)22(16)27-24-23(19-13-6-7-14-20(19)26)28-25-29(24)21(15-30-25)18-11-4-3-5-12-18/h3-15,27H,1-2H3. The molecule has 148 valence electrons. The Morgan fingerprint density at radius 1 is 0.867 bits per heavy atom. The lowest BCUT2D eigenvalue weighted by Gasteiger charge is -2.15. The summed E-state index contributed by atoms with van der Waals surface area (Å²) in [5.74, 6) is 0.488. The highest BCUT2D eigenvalue weighted by Crippen LogP contribution is 2.39. The van der Waals surface area contributed by atoms with Gasteiger partial charge in [-0.25, -0.2) is 9.37 Å². The number of aromatic nitrogens is 2. The van der Waals surface area contributed by atoms with Gasteiger partial charge in [0.2, 0.25) is 0 Å². The summed E-state index contributed by atoms with van der Waals surface area (Å²) < 4.78 is 16.8. The number of nitrogens with zero attached hydrogens (tertiary/aromatic N) is 2. The Morgan fingerprint density at radius 2 is 1.57 bits per heavy atom. The van der Waals surface area contributed by atoms with Crippen LogP contribution in [0.3, 0.4) is 0 Å². The molecule has 5 aromatic rings. The molecule has 0 saturated heterocycles. The molecule has 5 rings (SSSR count). The van der Waals surface area contributed by atoms with Crippen molar-refractivity contribution in [3.63, 3.8) is 0 Å². The van der Waals surface area contributed by atoms with Crippen molar-refractivity contribution in [2.75, 3.05) is 5.32 Å². The fraction of sp³-hybridized carbons (Fsp3) is 0.0800. The number of rotatable bonds is 4. The van der Waals surface area contributed by atoms with Gasteiger partial charge < -0.3 is 5.32 Å². The van der Waals surface area contributed by atoms with E-state index in [2.05, 4.69) is 53.2 Å². The Hall–Kier alpha value is -3.44. The third-order valence-corrected chi connectivity index (χ3v) is 6.11. The van der Waals surface area contributed by atoms with E-state index in [1.54, 1.807) is 23.5 Å². The lowest BCUT2D eigenvalue weighted by molar-refractivity contribution is 0.631. The maximum Gasteiger partial charge on any atom is 0.196 e. The molecule has 0 aliphatic carbocycles. The van der Waals surface area contributed by atoms with Crippen molar-refractivity contribution in [2.45, 2.75) is 13.8 Å². The van der Waals surface area contributed by atoms with E-state index in [1.807, 2.05) is 30.3 Å². The van der Waals surface area contributed by atoms with Crippen LogP contribution in [0, 0.1) is 19.7 Å².